The molecule has 0 aliphatic heterocycles. The van der Waals surface area contributed by atoms with Crippen molar-refractivity contribution in [1.29, 1.82) is 0 Å². The molecule has 0 atom stereocenters. The summed E-state index contributed by atoms with van der Waals surface area (Å²) in [6.45, 7) is 1.72. The lowest BCUT2D eigenvalue weighted by Crippen LogP contribution is -2.25. The van der Waals surface area contributed by atoms with Crippen LogP contribution in [0, 0.1) is 6.92 Å². The fourth-order valence-electron chi connectivity index (χ4n) is 2.98. The van der Waals surface area contributed by atoms with Gasteiger partial charge in [-0.15, -0.1) is 0 Å². The number of benzene rings is 1. The van der Waals surface area contributed by atoms with Crippen LogP contribution in [0.2, 0.25) is 5.02 Å². The van der Waals surface area contributed by atoms with Gasteiger partial charge in [-0.3, -0.25) is 10.1 Å². The molecule has 1 aliphatic rings. The third kappa shape index (κ3) is 5.74. The number of oxime groups is 1. The predicted octanol–water partition coefficient (Wildman–Crippen LogP) is 3.60. The lowest BCUT2D eigenvalue weighted by Gasteiger charge is -2.20. The number of carbonyl (C=O) groups excluding carboxylic acids is 1. The zero-order valence-electron chi connectivity index (χ0n) is 16.0. The van der Waals surface area contributed by atoms with E-state index in [1.165, 1.54) is 18.2 Å². The first-order valence-electron chi connectivity index (χ1n) is 9.09. The summed E-state index contributed by atoms with van der Waals surface area (Å²) in [5.74, 6) is 0.00271. The lowest BCUT2D eigenvalue weighted by molar-refractivity contribution is -0.110. The van der Waals surface area contributed by atoms with Crippen LogP contribution in [0.25, 0.3) is 0 Å². The molecule has 1 fully saturated rings. The minimum atomic E-state index is -3.49. The summed E-state index contributed by atoms with van der Waals surface area (Å²) in [5, 5.41) is 7.09. The quantitative estimate of drug-likeness (QED) is 0.525. The smallest absolute Gasteiger partial charge is 0.280 e. The summed E-state index contributed by atoms with van der Waals surface area (Å²) in [6, 6.07) is 4.23. The molecule has 156 valence electrons. The largest absolute Gasteiger partial charge is 0.392 e. The molecule has 1 heterocycles. The molecule has 0 bridgehead atoms. The number of amides is 1. The molecule has 1 aromatic heterocycles. The van der Waals surface area contributed by atoms with E-state index in [2.05, 4.69) is 19.8 Å². The van der Waals surface area contributed by atoms with Crippen LogP contribution in [0.15, 0.2) is 28.3 Å². The van der Waals surface area contributed by atoms with Crippen molar-refractivity contribution >= 4 is 49.7 Å². The topological polar surface area (TPSA) is 111 Å². The number of anilines is 1. The van der Waals surface area contributed by atoms with Gasteiger partial charge in [0.15, 0.2) is 15.5 Å². The van der Waals surface area contributed by atoms with Gasteiger partial charge in [0, 0.05) is 23.4 Å². The molecule has 8 nitrogen and oxygen atoms in total. The first kappa shape index (κ1) is 21.7. The van der Waals surface area contributed by atoms with Crippen LogP contribution in [0.3, 0.4) is 0 Å². The SMILES string of the molecule is Cc1nsc(NC(=O)/C(=N/OC2CCCCC2)c2ccc(S(C)(=O)=O)c(Cl)c2)n1. The number of aryl methyl sites for hydroxylation is 1. The average Bonchev–Trinajstić information content (AvgIpc) is 3.06. The Morgan fingerprint density at radius 3 is 2.62 bits per heavy atom. The second-order valence-electron chi connectivity index (χ2n) is 6.82. The van der Waals surface area contributed by atoms with Crippen LogP contribution in [0.5, 0.6) is 0 Å². The molecule has 0 unspecified atom stereocenters. The van der Waals surface area contributed by atoms with Crippen molar-refractivity contribution in [1.82, 2.24) is 9.36 Å². The number of nitrogens with zero attached hydrogens (tertiary/aromatic N) is 3. The highest BCUT2D eigenvalue weighted by Crippen LogP contribution is 2.25. The van der Waals surface area contributed by atoms with Gasteiger partial charge in [0.1, 0.15) is 11.9 Å². The van der Waals surface area contributed by atoms with Crippen molar-refractivity contribution in [2.75, 3.05) is 11.6 Å². The Morgan fingerprint density at radius 2 is 2.03 bits per heavy atom. The van der Waals surface area contributed by atoms with Crippen LogP contribution < -0.4 is 5.32 Å². The van der Waals surface area contributed by atoms with E-state index in [0.29, 0.717) is 16.5 Å². The molecule has 11 heteroatoms. The highest BCUT2D eigenvalue weighted by Gasteiger charge is 2.22. The summed E-state index contributed by atoms with van der Waals surface area (Å²) in [7, 11) is -3.49. The van der Waals surface area contributed by atoms with E-state index in [-0.39, 0.29) is 21.7 Å². The zero-order valence-corrected chi connectivity index (χ0v) is 18.4. The third-order valence-electron chi connectivity index (χ3n) is 4.41. The number of nitrogens with one attached hydrogen (secondary N) is 1. The first-order valence-corrected chi connectivity index (χ1v) is 12.1. The molecule has 29 heavy (non-hydrogen) atoms. The maximum atomic E-state index is 12.8. The highest BCUT2D eigenvalue weighted by molar-refractivity contribution is 7.90. The second-order valence-corrected chi connectivity index (χ2v) is 9.97. The molecule has 0 spiro atoms. The van der Waals surface area contributed by atoms with Crippen LogP contribution in [-0.2, 0) is 19.5 Å². The standard InChI is InChI=1S/C18H21ClN4O4S2/c1-11-20-18(28-23-11)21-17(24)16(22-27-13-6-4-3-5-7-13)12-8-9-15(14(19)10-12)29(2,25)26/h8-10,13H,3-7H2,1-2H3,(H,20,21,23,24)/b22-16+. The number of carbonyl (C=O) groups is 1. The van der Waals surface area contributed by atoms with Gasteiger partial charge in [0.2, 0.25) is 5.13 Å². The Kier molecular flexibility index (Phi) is 6.86. The van der Waals surface area contributed by atoms with Gasteiger partial charge in [-0.05, 0) is 44.7 Å². The highest BCUT2D eigenvalue weighted by atomic mass is 35.5. The van der Waals surface area contributed by atoms with Crippen molar-refractivity contribution in [3.8, 4) is 0 Å². The van der Waals surface area contributed by atoms with Gasteiger partial charge >= 0.3 is 0 Å². The number of halogens is 1. The van der Waals surface area contributed by atoms with Crippen LogP contribution >= 0.6 is 23.1 Å². The Bertz CT molecular complexity index is 1030. The molecule has 1 saturated carbocycles. The van der Waals surface area contributed by atoms with E-state index < -0.39 is 15.7 Å². The van der Waals surface area contributed by atoms with E-state index >= 15 is 0 Å². The molecule has 1 aromatic carbocycles. The van der Waals surface area contributed by atoms with Crippen molar-refractivity contribution in [2.45, 2.75) is 50.0 Å². The average molecular weight is 457 g/mol. The Hall–Kier alpha value is -2.04. The van der Waals surface area contributed by atoms with E-state index in [1.54, 1.807) is 6.92 Å². The number of sulfone groups is 1. The van der Waals surface area contributed by atoms with Gasteiger partial charge in [0.05, 0.1) is 9.92 Å². The van der Waals surface area contributed by atoms with E-state index in [9.17, 15) is 13.2 Å². The molecule has 2 aromatic rings. The van der Waals surface area contributed by atoms with Crippen LogP contribution in [0.4, 0.5) is 5.13 Å². The molecule has 0 saturated heterocycles. The van der Waals surface area contributed by atoms with E-state index in [1.807, 2.05) is 0 Å². The molecule has 0 radical (unpaired) electrons. The van der Waals surface area contributed by atoms with Crippen molar-refractivity contribution in [3.63, 3.8) is 0 Å². The molecule has 1 amide bonds. The van der Waals surface area contributed by atoms with Crippen LogP contribution in [0.1, 0.15) is 43.5 Å². The van der Waals surface area contributed by atoms with Crippen LogP contribution in [-0.4, -0.2) is 41.8 Å². The third-order valence-corrected chi connectivity index (χ3v) is 6.71. The van der Waals surface area contributed by atoms with E-state index in [4.69, 9.17) is 16.4 Å². The second kappa shape index (κ2) is 9.19. The lowest BCUT2D eigenvalue weighted by atomic mass is 9.98. The predicted molar refractivity (Wildman–Crippen MR) is 112 cm³/mol. The number of hydrogen-bond acceptors (Lipinski definition) is 8. The minimum Gasteiger partial charge on any atom is -0.392 e. The number of rotatable bonds is 6. The van der Waals surface area contributed by atoms with Crippen molar-refractivity contribution in [2.24, 2.45) is 5.16 Å². The summed E-state index contributed by atoms with van der Waals surface area (Å²) in [6.07, 6.45) is 6.04. The molecular formula is C18H21ClN4O4S2. The fourth-order valence-corrected chi connectivity index (χ4v) is 4.88. The van der Waals surface area contributed by atoms with Gasteiger partial charge < -0.3 is 4.84 Å². The molecular weight excluding hydrogens is 436 g/mol. The summed E-state index contributed by atoms with van der Waals surface area (Å²) in [5.41, 5.74) is 0.335. The summed E-state index contributed by atoms with van der Waals surface area (Å²) >= 11 is 7.20. The van der Waals surface area contributed by atoms with Gasteiger partial charge in [-0.1, -0.05) is 29.2 Å². The maximum Gasteiger partial charge on any atom is 0.280 e. The van der Waals surface area contributed by atoms with Gasteiger partial charge in [-0.2, -0.15) is 4.37 Å². The summed E-state index contributed by atoms with van der Waals surface area (Å²) in [4.78, 5) is 22.6. The normalized spacial score (nSPS) is 15.9. The van der Waals surface area contributed by atoms with Gasteiger partial charge in [-0.25, -0.2) is 13.4 Å². The number of aromatic nitrogens is 2. The Morgan fingerprint density at radius 1 is 1.31 bits per heavy atom. The maximum absolute atomic E-state index is 12.8. The van der Waals surface area contributed by atoms with Gasteiger partial charge in [0.25, 0.3) is 5.91 Å². The molecule has 3 rings (SSSR count). The molecule has 1 aliphatic carbocycles. The van der Waals surface area contributed by atoms with Crippen molar-refractivity contribution < 1.29 is 18.0 Å². The monoisotopic (exact) mass is 456 g/mol. The van der Waals surface area contributed by atoms with Crippen molar-refractivity contribution in [3.05, 3.63) is 34.6 Å². The fraction of sp³-hybridized carbons (Fsp3) is 0.444. The Balaban J connectivity index is 1.91. The minimum absolute atomic E-state index is 0.00891. The Labute approximate surface area is 178 Å². The molecule has 1 N–H and O–H groups in total. The van der Waals surface area contributed by atoms with E-state index in [0.717, 1.165) is 49.9 Å². The summed E-state index contributed by atoms with van der Waals surface area (Å²) < 4.78 is 27.7. The first-order chi connectivity index (χ1) is 13.7. The number of hydrogen-bond donors (Lipinski definition) is 1. The zero-order chi connectivity index (χ0) is 21.0.